The van der Waals surface area contributed by atoms with Crippen LogP contribution in [0.5, 0.6) is 0 Å². The van der Waals surface area contributed by atoms with E-state index in [1.807, 2.05) is 11.8 Å². The van der Waals surface area contributed by atoms with Gasteiger partial charge in [-0.3, -0.25) is 9.59 Å². The van der Waals surface area contributed by atoms with Crippen molar-refractivity contribution in [3.8, 4) is 343 Å². The number of hydrogen-bond donors (Lipinski definition) is 3. The number of ketones is 2. The second kappa shape index (κ2) is 56.8. The molecule has 8 nitrogen and oxygen atoms in total. The number of benzene rings is 1. The maximum absolute atomic E-state index is 12.7. The van der Waals surface area contributed by atoms with Crippen molar-refractivity contribution >= 4 is 45.1 Å². The standard InChI is InChI=1S/C60H6.C15H20N2O3S2.C7H14N2S.C6H10O.CH4/c1-3-5-7-9-11-13-15-17-19-21-23-25-27-29-31-33-35-37-39-41-43-45-47-49-51-53-55-57-59-60-58-56-54-52-50-48-46-44-42-40-38-36-34-32-30-28-26-24-22-20-18-16-14-12-10-8-6-4-2;1-12(18)13-2-4-14(5-3-13)22(19,20)17-9-6-15(7-10-17)16-8-11-21-15;1-3-8-4-2-7(1)9-5-6-10-7;7-6-4-2-1-3-5-6;/h1-2H3;2-5,16H,6-11H2,1H3;8-9H,1-6H2;1-5H2;1H4. The van der Waals surface area contributed by atoms with E-state index in [1.165, 1.54) is 63.7 Å². The van der Waals surface area contributed by atoms with E-state index in [9.17, 15) is 18.0 Å². The second-order valence-corrected chi connectivity index (χ2v) is 23.3. The number of piperidine rings is 2. The highest BCUT2D eigenvalue weighted by Crippen LogP contribution is 2.38. The Kier molecular flexibility index (Phi) is 46.8. The first-order chi connectivity index (χ1) is 48.7. The first-order valence-electron chi connectivity index (χ1n) is 29.6. The molecule has 1 aromatic rings. The molecular weight excluding hydrogens is 1290 g/mol. The third-order valence-electron chi connectivity index (χ3n) is 11.8. The summed E-state index contributed by atoms with van der Waals surface area (Å²) in [6, 6.07) is 6.21. The number of hydrogen-bond acceptors (Lipinski definition) is 9. The van der Waals surface area contributed by atoms with Gasteiger partial charge in [0, 0.05) is 293 Å². The van der Waals surface area contributed by atoms with Gasteiger partial charge in [-0.1, -0.05) is 37.8 Å². The van der Waals surface area contributed by atoms with Crippen LogP contribution < -0.4 is 16.0 Å². The number of nitrogens with one attached hydrogen (secondary N) is 3. The molecule has 4 aliphatic heterocycles. The Morgan fingerprint density at radius 2 is 0.610 bits per heavy atom. The Labute approximate surface area is 603 Å². The predicted molar refractivity (Wildman–Crippen MR) is 405 cm³/mol. The van der Waals surface area contributed by atoms with Crippen molar-refractivity contribution in [3.05, 3.63) is 29.8 Å². The third-order valence-corrected chi connectivity index (χ3v) is 16.7. The Morgan fingerprint density at radius 1 is 0.370 bits per heavy atom. The fraction of sp³-hybridized carbons (Fsp3) is 0.258. The molecule has 11 heteroatoms. The maximum atomic E-state index is 12.7. The van der Waals surface area contributed by atoms with E-state index in [0.29, 0.717) is 29.3 Å². The summed E-state index contributed by atoms with van der Waals surface area (Å²) < 4.78 is 26.9. The van der Waals surface area contributed by atoms with E-state index in [-0.39, 0.29) is 23.0 Å². The quantitative estimate of drug-likeness (QED) is 0.272. The van der Waals surface area contributed by atoms with Gasteiger partial charge in [0.15, 0.2) is 5.78 Å². The summed E-state index contributed by atoms with van der Waals surface area (Å²) in [4.78, 5) is 22.6. The van der Waals surface area contributed by atoms with E-state index in [1.54, 1.807) is 30.3 Å². The van der Waals surface area contributed by atoms with Crippen LogP contribution in [0.25, 0.3) is 0 Å². The molecule has 1 saturated carbocycles. The summed E-state index contributed by atoms with van der Waals surface area (Å²) in [6.07, 6.45) is 9.52. The van der Waals surface area contributed by atoms with Gasteiger partial charge in [0.25, 0.3) is 0 Å². The van der Waals surface area contributed by atoms with Gasteiger partial charge in [-0.25, -0.2) is 8.42 Å². The van der Waals surface area contributed by atoms with Gasteiger partial charge in [-0.2, -0.15) is 4.31 Å². The Bertz CT molecular complexity index is 5140. The molecule has 0 aromatic heterocycles. The molecule has 4 saturated heterocycles. The lowest BCUT2D eigenvalue weighted by Crippen LogP contribution is -2.49. The molecular formula is C89H54N4O4S3. The molecule has 0 atom stereocenters. The van der Waals surface area contributed by atoms with Gasteiger partial charge < -0.3 is 16.0 Å². The summed E-state index contributed by atoms with van der Waals surface area (Å²) in [7, 11) is -3.47. The van der Waals surface area contributed by atoms with Crippen molar-refractivity contribution in [2.75, 3.05) is 50.8 Å². The van der Waals surface area contributed by atoms with Crippen LogP contribution in [0, 0.1) is 343 Å². The molecule has 1 aromatic carbocycles. The average molecular weight is 1340 g/mol. The van der Waals surface area contributed by atoms with Crippen LogP contribution in [0.15, 0.2) is 29.2 Å². The van der Waals surface area contributed by atoms with E-state index in [4.69, 9.17) is 0 Å². The zero-order chi connectivity index (χ0) is 70.8. The molecule has 472 valence electrons. The largest absolute Gasteiger partial charge is 0.317 e. The molecule has 1 aliphatic carbocycles. The topological polar surface area (TPSA) is 108 Å². The molecule has 100 heavy (non-hydrogen) atoms. The summed E-state index contributed by atoms with van der Waals surface area (Å²) in [5.41, 5.74) is 0.531. The minimum atomic E-state index is -3.47. The third kappa shape index (κ3) is 42.5. The van der Waals surface area contributed by atoms with Gasteiger partial charge in [-0.15, -0.1) is 23.5 Å². The number of carbonyl (C=O) groups is 2. The van der Waals surface area contributed by atoms with Gasteiger partial charge in [0.2, 0.25) is 10.0 Å². The van der Waals surface area contributed by atoms with Gasteiger partial charge in [0.05, 0.1) is 14.6 Å². The highest BCUT2D eigenvalue weighted by atomic mass is 32.2. The minimum Gasteiger partial charge on any atom is -0.317 e. The maximum Gasteiger partial charge on any atom is 0.243 e. The summed E-state index contributed by atoms with van der Waals surface area (Å²) >= 11 is 4.02. The first-order valence-corrected chi connectivity index (χ1v) is 33.0. The molecule has 4 heterocycles. The minimum absolute atomic E-state index is 0. The van der Waals surface area contributed by atoms with Crippen LogP contribution in [0.1, 0.15) is 96.3 Å². The number of nitrogens with zero attached hydrogens (tertiary/aromatic N) is 1. The van der Waals surface area contributed by atoms with Gasteiger partial charge in [-0.05, 0) is 179 Å². The van der Waals surface area contributed by atoms with Crippen LogP contribution in [0.3, 0.4) is 0 Å². The molecule has 2 spiro atoms. The summed E-state index contributed by atoms with van der Waals surface area (Å²) in [6.45, 7) is 10.5. The van der Waals surface area contributed by atoms with Crippen molar-refractivity contribution in [2.24, 2.45) is 0 Å². The zero-order valence-electron chi connectivity index (χ0n) is 54.1. The van der Waals surface area contributed by atoms with Gasteiger partial charge >= 0.3 is 0 Å². The molecule has 0 radical (unpaired) electrons. The van der Waals surface area contributed by atoms with Crippen LogP contribution in [0.2, 0.25) is 0 Å². The normalized spacial score (nSPS) is 11.9. The highest BCUT2D eigenvalue weighted by molar-refractivity contribution is 8.01. The Morgan fingerprint density at radius 3 is 0.810 bits per heavy atom. The summed E-state index contributed by atoms with van der Waals surface area (Å²) in [5, 5.41) is 10.5. The van der Waals surface area contributed by atoms with Crippen LogP contribution in [-0.4, -0.2) is 84.8 Å². The molecule has 3 N–H and O–H groups in total. The second-order valence-electron chi connectivity index (χ2n) is 18.4. The smallest absolute Gasteiger partial charge is 0.243 e. The van der Waals surface area contributed by atoms with Crippen molar-refractivity contribution < 1.29 is 18.0 Å². The number of sulfonamides is 1. The van der Waals surface area contributed by atoms with E-state index < -0.39 is 10.0 Å². The van der Waals surface area contributed by atoms with Crippen LogP contribution in [-0.2, 0) is 14.8 Å². The van der Waals surface area contributed by atoms with E-state index >= 15 is 0 Å². The average Bonchev–Trinajstić information content (AvgIpc) is 1.28. The molecule has 5 fully saturated rings. The molecule has 0 unspecified atom stereocenters. The lowest BCUT2D eigenvalue weighted by atomic mass is 10.00. The van der Waals surface area contributed by atoms with Crippen molar-refractivity contribution in [1.29, 1.82) is 0 Å². The fourth-order valence-electron chi connectivity index (χ4n) is 7.48. The van der Waals surface area contributed by atoms with Crippen molar-refractivity contribution in [2.45, 2.75) is 101 Å². The van der Waals surface area contributed by atoms with Crippen molar-refractivity contribution in [1.82, 2.24) is 20.3 Å². The lowest BCUT2D eigenvalue weighted by Gasteiger charge is -2.38. The van der Waals surface area contributed by atoms with Crippen molar-refractivity contribution in [3.63, 3.8) is 0 Å². The number of thioether (sulfide) groups is 2. The SMILES string of the molecule is C.C1CC2(CCN1)NCCS2.CC#CC#CC#CC#CC#CC#CC#CC#CC#CC#CC#CC#CC#CC#CC#CC#CC#CC#CC#CC#CC#CC#CC#CC#CC#CC#CC#CC#CC#CC.CC(=O)c1ccc(S(=O)(=O)N2CCC3(CC2)NCCS3)cc1.O=C1CCCCC1. The number of Topliss-reactive ketones (excluding diaryl/α,β-unsaturated/α-hetero) is 2. The number of carbonyl (C=O) groups excluding carboxylic acids is 2. The van der Waals surface area contributed by atoms with E-state index in [2.05, 4.69) is 371 Å². The fourth-order valence-corrected chi connectivity index (χ4v) is 11.5. The molecule has 0 amide bonds. The Balaban J connectivity index is 0.000000667. The van der Waals surface area contributed by atoms with Crippen LogP contribution in [0.4, 0.5) is 0 Å². The highest BCUT2D eigenvalue weighted by Gasteiger charge is 2.41. The molecule has 5 aliphatic rings. The molecule has 0 bridgehead atoms. The van der Waals surface area contributed by atoms with E-state index in [0.717, 1.165) is 50.8 Å². The van der Waals surface area contributed by atoms with Gasteiger partial charge in [0.1, 0.15) is 5.78 Å². The number of rotatable bonds is 3. The predicted octanol–water partition coefficient (Wildman–Crippen LogP) is 5.39. The zero-order valence-corrected chi connectivity index (χ0v) is 56.6. The monoisotopic (exact) mass is 1340 g/mol. The van der Waals surface area contributed by atoms with Crippen LogP contribution >= 0.6 is 23.5 Å². The molecule has 6 rings (SSSR count). The Hall–Kier alpha value is -13.7. The first kappa shape index (κ1) is 82.4. The summed E-state index contributed by atoms with van der Waals surface area (Å²) in [5.74, 6) is 148. The lowest BCUT2D eigenvalue weighted by molar-refractivity contribution is -0.120.